The van der Waals surface area contributed by atoms with E-state index in [2.05, 4.69) is 44.3 Å². The van der Waals surface area contributed by atoms with E-state index in [9.17, 15) is 0 Å². The van der Waals surface area contributed by atoms with E-state index in [1.807, 2.05) is 0 Å². The van der Waals surface area contributed by atoms with Crippen molar-refractivity contribution in [3.05, 3.63) is 29.3 Å². The first-order chi connectivity index (χ1) is 8.15. The molecule has 1 heteroatoms. The quantitative estimate of drug-likeness (QED) is 0.728. The third-order valence-corrected chi connectivity index (χ3v) is 4.00. The highest BCUT2D eigenvalue weighted by molar-refractivity contribution is 5.52. The van der Waals surface area contributed by atoms with Gasteiger partial charge in [0, 0.05) is 11.7 Å². The van der Waals surface area contributed by atoms with Crippen LogP contribution in [0.4, 0.5) is 5.69 Å². The lowest BCUT2D eigenvalue weighted by molar-refractivity contribution is 0.502. The zero-order valence-electron chi connectivity index (χ0n) is 11.4. The first-order valence-electron chi connectivity index (χ1n) is 6.99. The van der Waals surface area contributed by atoms with Crippen molar-refractivity contribution < 1.29 is 0 Å². The topological polar surface area (TPSA) is 12.0 Å². The molecule has 94 valence electrons. The Bertz CT molecular complexity index is 370. The van der Waals surface area contributed by atoms with Gasteiger partial charge in [0.1, 0.15) is 0 Å². The van der Waals surface area contributed by atoms with E-state index in [1.165, 1.54) is 48.9 Å². The molecule has 1 fully saturated rings. The van der Waals surface area contributed by atoms with Crippen molar-refractivity contribution in [2.45, 2.75) is 58.9 Å². The molecule has 1 nitrogen and oxygen atoms in total. The summed E-state index contributed by atoms with van der Waals surface area (Å²) >= 11 is 0. The number of anilines is 1. The van der Waals surface area contributed by atoms with Crippen LogP contribution in [-0.4, -0.2) is 6.04 Å². The fourth-order valence-electron chi connectivity index (χ4n) is 2.83. The van der Waals surface area contributed by atoms with Crippen LogP contribution in [0.15, 0.2) is 18.2 Å². The Labute approximate surface area is 106 Å². The van der Waals surface area contributed by atoms with Gasteiger partial charge in [-0.25, -0.2) is 0 Å². The van der Waals surface area contributed by atoms with Crippen molar-refractivity contribution in [2.75, 3.05) is 5.32 Å². The van der Waals surface area contributed by atoms with Gasteiger partial charge in [0.15, 0.2) is 0 Å². The second-order valence-electron chi connectivity index (χ2n) is 5.77. The molecule has 1 aliphatic carbocycles. The lowest BCUT2D eigenvalue weighted by atomic mass is 10.0. The third kappa shape index (κ3) is 3.49. The van der Waals surface area contributed by atoms with Crippen LogP contribution in [0.5, 0.6) is 0 Å². The van der Waals surface area contributed by atoms with Gasteiger partial charge in [-0.05, 0) is 50.7 Å². The molecular weight excluding hydrogens is 206 g/mol. The van der Waals surface area contributed by atoms with Crippen molar-refractivity contribution >= 4 is 5.69 Å². The average Bonchev–Trinajstić information content (AvgIpc) is 2.48. The molecule has 0 aromatic heterocycles. The van der Waals surface area contributed by atoms with E-state index in [1.54, 1.807) is 0 Å². The highest BCUT2D eigenvalue weighted by Gasteiger charge is 2.16. The number of benzene rings is 1. The monoisotopic (exact) mass is 231 g/mol. The van der Waals surface area contributed by atoms with E-state index in [0.29, 0.717) is 6.04 Å². The lowest BCUT2D eigenvalue weighted by Gasteiger charge is -2.19. The van der Waals surface area contributed by atoms with E-state index < -0.39 is 0 Å². The van der Waals surface area contributed by atoms with E-state index >= 15 is 0 Å². The first kappa shape index (κ1) is 12.5. The maximum atomic E-state index is 3.74. The minimum atomic E-state index is 0.682. The SMILES string of the molecule is Cc1ccc(NC2CCCC(C)CC2)c(C)c1. The molecule has 1 aliphatic rings. The molecule has 1 aromatic carbocycles. The van der Waals surface area contributed by atoms with Gasteiger partial charge in [-0.3, -0.25) is 0 Å². The summed E-state index contributed by atoms with van der Waals surface area (Å²) < 4.78 is 0. The summed E-state index contributed by atoms with van der Waals surface area (Å²) in [5.41, 5.74) is 4.06. The van der Waals surface area contributed by atoms with E-state index in [4.69, 9.17) is 0 Å². The zero-order valence-corrected chi connectivity index (χ0v) is 11.4. The van der Waals surface area contributed by atoms with Crippen LogP contribution in [-0.2, 0) is 0 Å². The minimum Gasteiger partial charge on any atom is -0.382 e. The van der Waals surface area contributed by atoms with Gasteiger partial charge < -0.3 is 5.32 Å². The lowest BCUT2D eigenvalue weighted by Crippen LogP contribution is -2.19. The maximum absolute atomic E-state index is 3.74. The molecule has 0 spiro atoms. The normalized spacial score (nSPS) is 25.4. The van der Waals surface area contributed by atoms with Gasteiger partial charge in [-0.2, -0.15) is 0 Å². The van der Waals surface area contributed by atoms with Gasteiger partial charge in [0.05, 0.1) is 0 Å². The standard InChI is InChI=1S/C16H25N/c1-12-5-4-6-15(9-7-12)17-16-10-8-13(2)11-14(16)3/h8,10-12,15,17H,4-7,9H2,1-3H3. The summed E-state index contributed by atoms with van der Waals surface area (Å²) in [6.45, 7) is 6.75. The van der Waals surface area contributed by atoms with Crippen LogP contribution in [0, 0.1) is 19.8 Å². The summed E-state index contributed by atoms with van der Waals surface area (Å²) in [5, 5.41) is 3.74. The first-order valence-corrected chi connectivity index (χ1v) is 6.99. The van der Waals surface area contributed by atoms with Crippen molar-refractivity contribution in [1.29, 1.82) is 0 Å². The number of nitrogens with one attached hydrogen (secondary N) is 1. The summed E-state index contributed by atoms with van der Waals surface area (Å²) in [7, 11) is 0. The second kappa shape index (κ2) is 5.57. The van der Waals surface area contributed by atoms with Gasteiger partial charge >= 0.3 is 0 Å². The molecule has 1 aromatic rings. The van der Waals surface area contributed by atoms with E-state index in [0.717, 1.165) is 5.92 Å². The Morgan fingerprint density at radius 3 is 2.65 bits per heavy atom. The predicted octanol–water partition coefficient (Wildman–Crippen LogP) is 4.68. The van der Waals surface area contributed by atoms with Crippen molar-refractivity contribution in [3.8, 4) is 0 Å². The van der Waals surface area contributed by atoms with Crippen LogP contribution in [0.2, 0.25) is 0 Å². The van der Waals surface area contributed by atoms with Crippen molar-refractivity contribution in [3.63, 3.8) is 0 Å². The predicted molar refractivity (Wildman–Crippen MR) is 75.6 cm³/mol. The Kier molecular flexibility index (Phi) is 4.09. The number of rotatable bonds is 2. The van der Waals surface area contributed by atoms with Crippen LogP contribution in [0.3, 0.4) is 0 Å². The smallest absolute Gasteiger partial charge is 0.0372 e. The Balaban J connectivity index is 2.00. The van der Waals surface area contributed by atoms with Crippen molar-refractivity contribution in [1.82, 2.24) is 0 Å². The molecule has 2 unspecified atom stereocenters. The largest absolute Gasteiger partial charge is 0.382 e. The van der Waals surface area contributed by atoms with Crippen LogP contribution in [0.25, 0.3) is 0 Å². The molecule has 0 aliphatic heterocycles. The molecule has 0 heterocycles. The molecule has 1 saturated carbocycles. The number of hydrogen-bond acceptors (Lipinski definition) is 1. The Morgan fingerprint density at radius 1 is 1.06 bits per heavy atom. The highest BCUT2D eigenvalue weighted by atomic mass is 14.9. The fourth-order valence-corrected chi connectivity index (χ4v) is 2.83. The second-order valence-corrected chi connectivity index (χ2v) is 5.77. The molecule has 1 N–H and O–H groups in total. The molecule has 2 rings (SSSR count). The van der Waals surface area contributed by atoms with Gasteiger partial charge in [0.25, 0.3) is 0 Å². The Morgan fingerprint density at radius 2 is 1.88 bits per heavy atom. The van der Waals surface area contributed by atoms with Gasteiger partial charge in [-0.1, -0.05) is 37.5 Å². The van der Waals surface area contributed by atoms with Crippen LogP contribution < -0.4 is 5.32 Å². The minimum absolute atomic E-state index is 0.682. The highest BCUT2D eigenvalue weighted by Crippen LogP contribution is 2.26. The molecule has 0 bridgehead atoms. The summed E-state index contributed by atoms with van der Waals surface area (Å²) in [5.74, 6) is 0.918. The number of aryl methyl sites for hydroxylation is 2. The van der Waals surface area contributed by atoms with Crippen LogP contribution >= 0.6 is 0 Å². The maximum Gasteiger partial charge on any atom is 0.0372 e. The summed E-state index contributed by atoms with van der Waals surface area (Å²) in [6.07, 6.45) is 6.82. The summed E-state index contributed by atoms with van der Waals surface area (Å²) in [4.78, 5) is 0. The summed E-state index contributed by atoms with van der Waals surface area (Å²) in [6, 6.07) is 7.39. The molecule has 0 saturated heterocycles. The molecule has 2 atom stereocenters. The van der Waals surface area contributed by atoms with E-state index in [-0.39, 0.29) is 0 Å². The molecule has 17 heavy (non-hydrogen) atoms. The fraction of sp³-hybridized carbons (Fsp3) is 0.625. The molecule has 0 amide bonds. The van der Waals surface area contributed by atoms with Gasteiger partial charge in [0.2, 0.25) is 0 Å². The molecule has 0 radical (unpaired) electrons. The average molecular weight is 231 g/mol. The van der Waals surface area contributed by atoms with Crippen molar-refractivity contribution in [2.24, 2.45) is 5.92 Å². The third-order valence-electron chi connectivity index (χ3n) is 4.00. The zero-order chi connectivity index (χ0) is 12.3. The Hall–Kier alpha value is -0.980. The number of hydrogen-bond donors (Lipinski definition) is 1. The molecular formula is C16H25N. The van der Waals surface area contributed by atoms with Crippen LogP contribution in [0.1, 0.15) is 50.2 Å². The van der Waals surface area contributed by atoms with Gasteiger partial charge in [-0.15, -0.1) is 0 Å².